The summed E-state index contributed by atoms with van der Waals surface area (Å²) < 4.78 is 33.1. The molecule has 1 amide bonds. The first-order chi connectivity index (χ1) is 15.8. The van der Waals surface area contributed by atoms with Crippen molar-refractivity contribution in [2.75, 3.05) is 13.2 Å². The van der Waals surface area contributed by atoms with Crippen LogP contribution >= 0.6 is 15.9 Å². The zero-order valence-electron chi connectivity index (χ0n) is 17.5. The van der Waals surface area contributed by atoms with Gasteiger partial charge in [0, 0.05) is 29.3 Å². The Morgan fingerprint density at radius 1 is 1.18 bits per heavy atom. The molecule has 0 saturated heterocycles. The molecule has 0 aliphatic heterocycles. The van der Waals surface area contributed by atoms with E-state index in [2.05, 4.69) is 26.2 Å². The van der Waals surface area contributed by atoms with Crippen molar-refractivity contribution in [2.24, 2.45) is 0 Å². The second-order valence-corrected chi connectivity index (χ2v) is 7.94. The molecular formula is C23H21BrF2N2O5. The number of aromatic nitrogens is 1. The van der Waals surface area contributed by atoms with Crippen LogP contribution in [0, 0.1) is 18.6 Å². The highest BCUT2D eigenvalue weighted by Crippen LogP contribution is 2.39. The van der Waals surface area contributed by atoms with Crippen molar-refractivity contribution in [2.45, 2.75) is 20.1 Å². The van der Waals surface area contributed by atoms with E-state index < -0.39 is 29.7 Å². The number of benzene rings is 2. The number of aliphatic hydroxyl groups is 2. The maximum absolute atomic E-state index is 14.1. The number of rotatable bonds is 8. The maximum atomic E-state index is 14.1. The van der Waals surface area contributed by atoms with Gasteiger partial charge in [0.1, 0.15) is 28.5 Å². The summed E-state index contributed by atoms with van der Waals surface area (Å²) in [7, 11) is 0. The standard InChI is InChI=1S/C23H21BrF2N2O5/c1-12-2-3-13(22(31)27-6-7-29)8-16(12)19-18(10-30)28-23(32)20(24)21(19)33-11-14-4-5-15(25)9-17(14)26/h2-5,8-9,29-30H,6-7,10-11H2,1H3,(H,27,31)(H,28,32). The van der Waals surface area contributed by atoms with Gasteiger partial charge >= 0.3 is 0 Å². The van der Waals surface area contributed by atoms with Crippen LogP contribution in [-0.2, 0) is 13.2 Å². The second-order valence-electron chi connectivity index (χ2n) is 7.14. The van der Waals surface area contributed by atoms with Crippen molar-refractivity contribution >= 4 is 21.8 Å². The molecule has 33 heavy (non-hydrogen) atoms. The number of aliphatic hydroxyl groups excluding tert-OH is 2. The molecule has 0 aliphatic rings. The van der Waals surface area contributed by atoms with Crippen LogP contribution < -0.4 is 15.6 Å². The van der Waals surface area contributed by atoms with Gasteiger partial charge in [-0.1, -0.05) is 6.07 Å². The lowest BCUT2D eigenvalue weighted by Gasteiger charge is -2.19. The number of carbonyl (C=O) groups is 1. The minimum absolute atomic E-state index is 0.00625. The van der Waals surface area contributed by atoms with Crippen LogP contribution in [0.2, 0.25) is 0 Å². The molecule has 0 fully saturated rings. The van der Waals surface area contributed by atoms with E-state index >= 15 is 0 Å². The van der Waals surface area contributed by atoms with Crippen LogP contribution in [0.3, 0.4) is 0 Å². The van der Waals surface area contributed by atoms with Gasteiger partial charge in [-0.2, -0.15) is 0 Å². The molecule has 0 spiro atoms. The Morgan fingerprint density at radius 2 is 1.94 bits per heavy atom. The van der Waals surface area contributed by atoms with E-state index in [-0.39, 0.29) is 46.8 Å². The molecule has 7 nitrogen and oxygen atoms in total. The van der Waals surface area contributed by atoms with E-state index in [0.717, 1.165) is 12.1 Å². The van der Waals surface area contributed by atoms with Crippen molar-refractivity contribution in [1.29, 1.82) is 0 Å². The fraction of sp³-hybridized carbons (Fsp3) is 0.217. The monoisotopic (exact) mass is 522 g/mol. The van der Waals surface area contributed by atoms with Crippen molar-refractivity contribution in [3.8, 4) is 16.9 Å². The summed E-state index contributed by atoms with van der Waals surface area (Å²) in [5, 5.41) is 21.4. The maximum Gasteiger partial charge on any atom is 0.266 e. The van der Waals surface area contributed by atoms with Gasteiger partial charge in [-0.3, -0.25) is 9.59 Å². The summed E-state index contributed by atoms with van der Waals surface area (Å²) in [6.07, 6.45) is 0. The van der Waals surface area contributed by atoms with Gasteiger partial charge in [0.15, 0.2) is 0 Å². The Kier molecular flexibility index (Phi) is 7.96. The highest BCUT2D eigenvalue weighted by molar-refractivity contribution is 9.10. The van der Waals surface area contributed by atoms with Crippen LogP contribution in [0.25, 0.3) is 11.1 Å². The summed E-state index contributed by atoms with van der Waals surface area (Å²) in [4.78, 5) is 27.4. The highest BCUT2D eigenvalue weighted by atomic mass is 79.9. The Labute approximate surface area is 196 Å². The average Bonchev–Trinajstić information content (AvgIpc) is 2.79. The number of amides is 1. The number of ether oxygens (including phenoxy) is 1. The van der Waals surface area contributed by atoms with Gasteiger partial charge in [-0.25, -0.2) is 8.78 Å². The van der Waals surface area contributed by atoms with E-state index in [1.165, 1.54) is 6.07 Å². The topological polar surface area (TPSA) is 112 Å². The third-order valence-electron chi connectivity index (χ3n) is 4.90. The van der Waals surface area contributed by atoms with Crippen molar-refractivity contribution < 1.29 is 28.5 Å². The first kappa shape index (κ1) is 24.6. The molecule has 3 aromatic rings. The Bertz CT molecular complexity index is 1250. The fourth-order valence-electron chi connectivity index (χ4n) is 3.24. The Balaban J connectivity index is 2.12. The van der Waals surface area contributed by atoms with E-state index in [1.54, 1.807) is 25.1 Å². The zero-order chi connectivity index (χ0) is 24.1. The number of nitrogens with one attached hydrogen (secondary N) is 2. The number of hydrogen-bond acceptors (Lipinski definition) is 5. The molecule has 4 N–H and O–H groups in total. The zero-order valence-corrected chi connectivity index (χ0v) is 19.1. The Hall–Kier alpha value is -3.08. The van der Waals surface area contributed by atoms with Crippen LogP contribution in [-0.4, -0.2) is 34.3 Å². The van der Waals surface area contributed by atoms with Gasteiger partial charge in [0.25, 0.3) is 11.5 Å². The molecule has 2 aromatic carbocycles. The van der Waals surface area contributed by atoms with Crippen LogP contribution in [0.5, 0.6) is 5.75 Å². The number of H-pyrrole nitrogens is 1. The molecule has 0 radical (unpaired) electrons. The third kappa shape index (κ3) is 5.47. The van der Waals surface area contributed by atoms with Crippen LogP contribution in [0.4, 0.5) is 8.78 Å². The van der Waals surface area contributed by atoms with Gasteiger partial charge < -0.3 is 25.3 Å². The van der Waals surface area contributed by atoms with Gasteiger partial charge in [-0.05, 0) is 58.2 Å². The predicted octanol–water partition coefficient (Wildman–Crippen LogP) is 3.18. The van der Waals surface area contributed by atoms with Crippen molar-refractivity contribution in [3.05, 3.63) is 85.2 Å². The molecule has 1 aromatic heterocycles. The number of hydrogen-bond donors (Lipinski definition) is 4. The van der Waals surface area contributed by atoms with Gasteiger partial charge in [-0.15, -0.1) is 0 Å². The minimum atomic E-state index is -0.807. The predicted molar refractivity (Wildman–Crippen MR) is 121 cm³/mol. The Morgan fingerprint density at radius 3 is 2.61 bits per heavy atom. The molecule has 0 saturated carbocycles. The molecule has 3 rings (SSSR count). The SMILES string of the molecule is Cc1ccc(C(=O)NCCO)cc1-c1c(CO)[nH]c(=O)c(Br)c1OCc1ccc(F)cc1F. The number of pyridine rings is 1. The largest absolute Gasteiger partial charge is 0.487 e. The lowest BCUT2D eigenvalue weighted by Crippen LogP contribution is -2.26. The molecule has 0 bridgehead atoms. The molecule has 10 heteroatoms. The summed E-state index contributed by atoms with van der Waals surface area (Å²) in [6.45, 7) is 0.769. The quantitative estimate of drug-likeness (QED) is 0.363. The molecule has 0 unspecified atom stereocenters. The summed E-state index contributed by atoms with van der Waals surface area (Å²) in [6, 6.07) is 7.89. The summed E-state index contributed by atoms with van der Waals surface area (Å²) in [5.74, 6) is -1.93. The van der Waals surface area contributed by atoms with E-state index in [4.69, 9.17) is 9.84 Å². The van der Waals surface area contributed by atoms with Crippen molar-refractivity contribution in [3.63, 3.8) is 0 Å². The van der Waals surface area contributed by atoms with Crippen LogP contribution in [0.15, 0.2) is 45.7 Å². The number of aromatic amines is 1. The minimum Gasteiger partial charge on any atom is -0.487 e. The highest BCUT2D eigenvalue weighted by Gasteiger charge is 2.22. The van der Waals surface area contributed by atoms with E-state index in [1.807, 2.05) is 0 Å². The smallest absolute Gasteiger partial charge is 0.266 e. The van der Waals surface area contributed by atoms with Gasteiger partial charge in [0.05, 0.1) is 18.9 Å². The second kappa shape index (κ2) is 10.7. The molecule has 0 atom stereocenters. The average molecular weight is 523 g/mol. The number of carbonyl (C=O) groups excluding carboxylic acids is 1. The lowest BCUT2D eigenvalue weighted by atomic mass is 9.95. The van der Waals surface area contributed by atoms with E-state index in [0.29, 0.717) is 16.7 Å². The molecule has 0 aliphatic carbocycles. The first-order valence-corrected chi connectivity index (χ1v) is 10.7. The summed E-state index contributed by atoms with van der Waals surface area (Å²) >= 11 is 3.19. The van der Waals surface area contributed by atoms with Gasteiger partial charge in [0.2, 0.25) is 0 Å². The van der Waals surface area contributed by atoms with Crippen molar-refractivity contribution in [1.82, 2.24) is 10.3 Å². The first-order valence-electron chi connectivity index (χ1n) is 9.89. The molecular weight excluding hydrogens is 502 g/mol. The van der Waals surface area contributed by atoms with Crippen LogP contribution in [0.1, 0.15) is 27.2 Å². The number of halogens is 3. The fourth-order valence-corrected chi connectivity index (χ4v) is 3.65. The summed E-state index contributed by atoms with van der Waals surface area (Å²) in [5.41, 5.74) is 1.41. The third-order valence-corrected chi connectivity index (χ3v) is 5.62. The van der Waals surface area contributed by atoms with E-state index in [9.17, 15) is 23.5 Å². The lowest BCUT2D eigenvalue weighted by molar-refractivity contribution is 0.0945. The molecule has 174 valence electrons. The number of aryl methyl sites for hydroxylation is 1. The molecule has 1 heterocycles. The normalized spacial score (nSPS) is 10.8.